The maximum absolute atomic E-state index is 11.2. The van der Waals surface area contributed by atoms with E-state index in [9.17, 15) is 4.79 Å². The van der Waals surface area contributed by atoms with Gasteiger partial charge < -0.3 is 4.74 Å². The van der Waals surface area contributed by atoms with E-state index in [1.165, 1.54) is 4.68 Å². The average molecular weight is 203 g/mol. The molecule has 0 aliphatic rings. The number of benzene rings is 1. The number of fused-ring (bicyclic) bond motifs is 1. The number of hydrogen-bond acceptors (Lipinski definition) is 3. The lowest BCUT2D eigenvalue weighted by atomic mass is 10.3. The zero-order valence-electron chi connectivity index (χ0n) is 8.43. The Bertz CT molecular complexity index is 443. The minimum absolute atomic E-state index is 0.114. The third-order valence-corrected chi connectivity index (χ3v) is 1.97. The van der Waals surface area contributed by atoms with Crippen LogP contribution in [-0.4, -0.2) is 22.4 Å². The lowest BCUT2D eigenvalue weighted by Crippen LogP contribution is -2.13. The lowest BCUT2D eigenvalue weighted by Gasteiger charge is -2.00. The highest BCUT2D eigenvalue weighted by Crippen LogP contribution is 2.09. The quantitative estimate of drug-likeness (QED) is 0.708. The van der Waals surface area contributed by atoms with Crippen LogP contribution in [0.5, 0.6) is 0 Å². The molecule has 0 fully saturated rings. The standard InChI is InChI=1S/C11H11N2O2/c1-2-15-11(14)8-13-7-9-5-3-4-6-10(9)12-13/h3-6H,2,8H2,1H3. The third kappa shape index (κ3) is 2.15. The third-order valence-electron chi connectivity index (χ3n) is 1.97. The van der Waals surface area contributed by atoms with E-state index in [0.29, 0.717) is 6.61 Å². The van der Waals surface area contributed by atoms with Crippen molar-refractivity contribution in [1.82, 2.24) is 9.78 Å². The Morgan fingerprint density at radius 3 is 3.07 bits per heavy atom. The molecule has 1 heterocycles. The SMILES string of the molecule is CCOC(=O)Cn1[c]c2ccccc2n1. The molecule has 0 bridgehead atoms. The monoisotopic (exact) mass is 203 g/mol. The van der Waals surface area contributed by atoms with Crippen molar-refractivity contribution in [2.24, 2.45) is 0 Å². The summed E-state index contributed by atoms with van der Waals surface area (Å²) in [5, 5.41) is 5.10. The van der Waals surface area contributed by atoms with Gasteiger partial charge in [0.25, 0.3) is 0 Å². The van der Waals surface area contributed by atoms with Gasteiger partial charge in [-0.15, -0.1) is 0 Å². The number of hydrogen-bond donors (Lipinski definition) is 0. The van der Waals surface area contributed by atoms with Gasteiger partial charge in [0.05, 0.1) is 18.3 Å². The molecule has 0 spiro atoms. The number of ether oxygens (including phenoxy) is 1. The number of nitrogens with zero attached hydrogens (tertiary/aromatic N) is 2. The zero-order valence-corrected chi connectivity index (χ0v) is 8.43. The molecule has 77 valence electrons. The molecule has 2 aromatic rings. The van der Waals surface area contributed by atoms with Gasteiger partial charge in [-0.3, -0.25) is 9.48 Å². The molecule has 0 aliphatic carbocycles. The Morgan fingerprint density at radius 2 is 2.33 bits per heavy atom. The normalized spacial score (nSPS) is 10.5. The number of aromatic nitrogens is 2. The first kappa shape index (κ1) is 9.71. The summed E-state index contributed by atoms with van der Waals surface area (Å²) >= 11 is 0. The second-order valence-corrected chi connectivity index (χ2v) is 3.09. The number of carbonyl (C=O) groups is 1. The van der Waals surface area contributed by atoms with Crippen LogP contribution in [0.4, 0.5) is 0 Å². The van der Waals surface area contributed by atoms with Crippen LogP contribution in [0.1, 0.15) is 6.92 Å². The highest BCUT2D eigenvalue weighted by molar-refractivity contribution is 5.77. The number of carbonyl (C=O) groups excluding carboxylic acids is 1. The molecule has 1 aromatic heterocycles. The Hall–Kier alpha value is -1.84. The Balaban J connectivity index is 2.18. The van der Waals surface area contributed by atoms with Crippen molar-refractivity contribution >= 4 is 16.9 Å². The van der Waals surface area contributed by atoms with Gasteiger partial charge in [0.2, 0.25) is 0 Å². The smallest absolute Gasteiger partial charge is 0.327 e. The van der Waals surface area contributed by atoms with Crippen LogP contribution < -0.4 is 0 Å². The van der Waals surface area contributed by atoms with E-state index >= 15 is 0 Å². The fraction of sp³-hybridized carbons (Fsp3) is 0.273. The van der Waals surface area contributed by atoms with E-state index in [4.69, 9.17) is 4.74 Å². The predicted molar refractivity (Wildman–Crippen MR) is 55.2 cm³/mol. The summed E-state index contributed by atoms with van der Waals surface area (Å²) in [4.78, 5) is 11.2. The molecule has 2 rings (SSSR count). The van der Waals surface area contributed by atoms with Gasteiger partial charge in [0.1, 0.15) is 6.54 Å². The molecule has 0 unspecified atom stereocenters. The van der Waals surface area contributed by atoms with Crippen LogP contribution in [0, 0.1) is 6.20 Å². The molecule has 0 N–H and O–H groups in total. The topological polar surface area (TPSA) is 44.1 Å². The summed E-state index contributed by atoms with van der Waals surface area (Å²) in [6, 6.07) is 7.60. The van der Waals surface area contributed by atoms with Crippen LogP contribution in [0.15, 0.2) is 24.3 Å². The molecule has 0 saturated heterocycles. The Kier molecular flexibility index (Phi) is 2.67. The van der Waals surface area contributed by atoms with E-state index in [0.717, 1.165) is 10.9 Å². The fourth-order valence-electron chi connectivity index (χ4n) is 1.35. The molecule has 4 heteroatoms. The second kappa shape index (κ2) is 4.13. The second-order valence-electron chi connectivity index (χ2n) is 3.09. The Morgan fingerprint density at radius 1 is 1.53 bits per heavy atom. The van der Waals surface area contributed by atoms with Crippen molar-refractivity contribution in [2.45, 2.75) is 13.5 Å². The summed E-state index contributed by atoms with van der Waals surface area (Å²) in [6.45, 7) is 2.28. The van der Waals surface area contributed by atoms with Crippen LogP contribution in [0.25, 0.3) is 10.9 Å². The van der Waals surface area contributed by atoms with E-state index in [-0.39, 0.29) is 12.5 Å². The van der Waals surface area contributed by atoms with Gasteiger partial charge in [-0.25, -0.2) is 0 Å². The molecule has 1 radical (unpaired) electrons. The fourth-order valence-corrected chi connectivity index (χ4v) is 1.35. The molecular weight excluding hydrogens is 192 g/mol. The average Bonchev–Trinajstić information content (AvgIpc) is 2.59. The summed E-state index contributed by atoms with van der Waals surface area (Å²) in [5.41, 5.74) is 0.835. The highest BCUT2D eigenvalue weighted by atomic mass is 16.5. The van der Waals surface area contributed by atoms with Crippen molar-refractivity contribution in [3.8, 4) is 0 Å². The molecule has 0 atom stereocenters. The first-order valence-electron chi connectivity index (χ1n) is 4.80. The molecule has 0 saturated carbocycles. The number of rotatable bonds is 3. The molecule has 0 aliphatic heterocycles. The van der Waals surface area contributed by atoms with E-state index in [2.05, 4.69) is 11.3 Å². The highest BCUT2D eigenvalue weighted by Gasteiger charge is 2.05. The van der Waals surface area contributed by atoms with Crippen molar-refractivity contribution < 1.29 is 9.53 Å². The molecule has 15 heavy (non-hydrogen) atoms. The van der Waals surface area contributed by atoms with Gasteiger partial charge in [-0.2, -0.15) is 5.10 Å². The largest absolute Gasteiger partial charge is 0.465 e. The van der Waals surface area contributed by atoms with Crippen molar-refractivity contribution in [3.05, 3.63) is 30.5 Å². The van der Waals surface area contributed by atoms with E-state index < -0.39 is 0 Å². The van der Waals surface area contributed by atoms with Crippen molar-refractivity contribution in [3.63, 3.8) is 0 Å². The van der Waals surface area contributed by atoms with E-state index in [1.54, 1.807) is 6.92 Å². The summed E-state index contributed by atoms with van der Waals surface area (Å²) in [7, 11) is 0. The summed E-state index contributed by atoms with van der Waals surface area (Å²) < 4.78 is 6.30. The molecule has 1 aromatic carbocycles. The van der Waals surface area contributed by atoms with Crippen LogP contribution >= 0.6 is 0 Å². The van der Waals surface area contributed by atoms with Crippen LogP contribution in [0.2, 0.25) is 0 Å². The molecular formula is C11H11N2O2. The van der Waals surface area contributed by atoms with Gasteiger partial charge in [-0.05, 0) is 13.0 Å². The predicted octanol–water partition coefficient (Wildman–Crippen LogP) is 1.40. The first-order chi connectivity index (χ1) is 7.29. The van der Waals surface area contributed by atoms with E-state index in [1.807, 2.05) is 24.3 Å². The molecule has 0 amide bonds. The van der Waals surface area contributed by atoms with Crippen LogP contribution in [0.3, 0.4) is 0 Å². The van der Waals surface area contributed by atoms with Gasteiger partial charge in [0, 0.05) is 5.39 Å². The summed E-state index contributed by atoms with van der Waals surface area (Å²) in [6.07, 6.45) is 2.99. The maximum Gasteiger partial charge on any atom is 0.327 e. The lowest BCUT2D eigenvalue weighted by molar-refractivity contribution is -0.144. The Labute approximate surface area is 87.5 Å². The van der Waals surface area contributed by atoms with Gasteiger partial charge >= 0.3 is 5.97 Å². The molecule has 4 nitrogen and oxygen atoms in total. The van der Waals surface area contributed by atoms with Gasteiger partial charge in [0.15, 0.2) is 0 Å². The minimum atomic E-state index is -0.290. The number of esters is 1. The van der Waals surface area contributed by atoms with Crippen molar-refractivity contribution in [2.75, 3.05) is 6.61 Å². The van der Waals surface area contributed by atoms with Gasteiger partial charge in [-0.1, -0.05) is 18.2 Å². The zero-order chi connectivity index (χ0) is 10.7. The minimum Gasteiger partial charge on any atom is -0.465 e. The maximum atomic E-state index is 11.2. The first-order valence-corrected chi connectivity index (χ1v) is 4.80. The van der Waals surface area contributed by atoms with Crippen LogP contribution in [-0.2, 0) is 16.1 Å². The van der Waals surface area contributed by atoms with Crippen molar-refractivity contribution in [1.29, 1.82) is 0 Å². The summed E-state index contributed by atoms with van der Waals surface area (Å²) in [5.74, 6) is -0.290.